The van der Waals surface area contributed by atoms with Crippen LogP contribution in [0.1, 0.15) is 62.3 Å². The van der Waals surface area contributed by atoms with Crippen molar-refractivity contribution >= 4 is 39.9 Å². The van der Waals surface area contributed by atoms with Crippen LogP contribution in [0.2, 0.25) is 0 Å². The largest absolute Gasteiger partial charge is 0.487 e. The second kappa shape index (κ2) is 9.57. The standard InChI is InChI=1S/C22H23N3O4S2/c1-3-28-22(27)19-16-6-4-5-7-18(16)30-21(19)23-20(26)14-8-10-15(11-9-14)29-12-17-13(2)24-31-25-17/h8-11H,3-7,12H2,1-2H3,(H,23,26). The number of benzene rings is 1. The Balaban J connectivity index is 1.47. The first-order valence-corrected chi connectivity index (χ1v) is 11.8. The van der Waals surface area contributed by atoms with Gasteiger partial charge in [-0.05, 0) is 69.4 Å². The molecule has 1 aliphatic rings. The molecule has 1 N–H and O–H groups in total. The van der Waals surface area contributed by atoms with Crippen LogP contribution in [0.15, 0.2) is 24.3 Å². The number of fused-ring (bicyclic) bond motifs is 1. The van der Waals surface area contributed by atoms with Gasteiger partial charge in [0.15, 0.2) is 0 Å². The fourth-order valence-electron chi connectivity index (χ4n) is 3.48. The number of amides is 1. The molecule has 1 amide bonds. The molecule has 0 saturated heterocycles. The number of thiophene rings is 1. The van der Waals surface area contributed by atoms with E-state index in [1.165, 1.54) is 16.2 Å². The van der Waals surface area contributed by atoms with E-state index in [1.54, 1.807) is 31.2 Å². The second-order valence-corrected chi connectivity index (χ2v) is 8.83. The van der Waals surface area contributed by atoms with Gasteiger partial charge in [0.1, 0.15) is 23.1 Å². The average Bonchev–Trinajstić information content (AvgIpc) is 3.35. The molecule has 2 aromatic heterocycles. The molecule has 3 aromatic rings. The summed E-state index contributed by atoms with van der Waals surface area (Å²) >= 11 is 2.64. The Morgan fingerprint density at radius 3 is 2.61 bits per heavy atom. The van der Waals surface area contributed by atoms with E-state index in [-0.39, 0.29) is 11.9 Å². The Labute approximate surface area is 188 Å². The summed E-state index contributed by atoms with van der Waals surface area (Å²) < 4.78 is 19.3. The highest BCUT2D eigenvalue weighted by atomic mass is 32.1. The Hall–Kier alpha value is -2.78. The van der Waals surface area contributed by atoms with Crippen LogP contribution >= 0.6 is 23.1 Å². The first-order valence-electron chi connectivity index (χ1n) is 10.2. The molecule has 1 aliphatic carbocycles. The molecule has 0 saturated carbocycles. The van der Waals surface area contributed by atoms with Gasteiger partial charge >= 0.3 is 5.97 Å². The van der Waals surface area contributed by atoms with Crippen molar-refractivity contribution in [2.75, 3.05) is 11.9 Å². The van der Waals surface area contributed by atoms with Crippen LogP contribution in [0.5, 0.6) is 5.75 Å². The Bertz CT molecular complexity index is 1090. The Morgan fingerprint density at radius 1 is 1.13 bits per heavy atom. The SMILES string of the molecule is CCOC(=O)c1c(NC(=O)c2ccc(OCc3nsnc3C)cc2)sc2c1CCCC2. The number of aromatic nitrogens is 2. The molecular formula is C22H23N3O4S2. The van der Waals surface area contributed by atoms with Crippen molar-refractivity contribution in [1.82, 2.24) is 8.75 Å². The number of aryl methyl sites for hydroxylation is 2. The highest BCUT2D eigenvalue weighted by Gasteiger charge is 2.27. The lowest BCUT2D eigenvalue weighted by atomic mass is 9.95. The van der Waals surface area contributed by atoms with Gasteiger partial charge < -0.3 is 14.8 Å². The zero-order chi connectivity index (χ0) is 21.8. The number of ether oxygens (including phenoxy) is 2. The highest BCUT2D eigenvalue weighted by molar-refractivity contribution is 7.17. The van der Waals surface area contributed by atoms with Crippen LogP contribution in [-0.4, -0.2) is 27.2 Å². The van der Waals surface area contributed by atoms with E-state index < -0.39 is 0 Å². The molecule has 1 aromatic carbocycles. The number of anilines is 1. The van der Waals surface area contributed by atoms with Crippen LogP contribution in [0, 0.1) is 6.92 Å². The van der Waals surface area contributed by atoms with E-state index in [0.29, 0.717) is 35.1 Å². The van der Waals surface area contributed by atoms with E-state index in [4.69, 9.17) is 9.47 Å². The second-order valence-electron chi connectivity index (χ2n) is 7.20. The molecule has 0 aliphatic heterocycles. The predicted molar refractivity (Wildman–Crippen MR) is 120 cm³/mol. The maximum absolute atomic E-state index is 12.8. The number of nitrogens with zero attached hydrogens (tertiary/aromatic N) is 2. The van der Waals surface area contributed by atoms with Crippen LogP contribution in [0.25, 0.3) is 0 Å². The minimum Gasteiger partial charge on any atom is -0.487 e. The summed E-state index contributed by atoms with van der Waals surface area (Å²) in [6, 6.07) is 6.90. The van der Waals surface area contributed by atoms with E-state index >= 15 is 0 Å². The lowest BCUT2D eigenvalue weighted by Gasteiger charge is -2.12. The summed E-state index contributed by atoms with van der Waals surface area (Å²) in [7, 11) is 0. The third kappa shape index (κ3) is 4.77. The van der Waals surface area contributed by atoms with E-state index in [9.17, 15) is 9.59 Å². The number of carbonyl (C=O) groups excluding carboxylic acids is 2. The maximum Gasteiger partial charge on any atom is 0.341 e. The molecule has 162 valence electrons. The topological polar surface area (TPSA) is 90.4 Å². The molecule has 4 rings (SSSR count). The normalized spacial score (nSPS) is 12.8. The fraction of sp³-hybridized carbons (Fsp3) is 0.364. The van der Waals surface area contributed by atoms with Gasteiger partial charge in [0, 0.05) is 10.4 Å². The number of nitrogens with one attached hydrogen (secondary N) is 1. The third-order valence-electron chi connectivity index (χ3n) is 5.12. The monoisotopic (exact) mass is 457 g/mol. The van der Waals surface area contributed by atoms with Crippen molar-refractivity contribution in [2.45, 2.75) is 46.1 Å². The minimum atomic E-state index is -0.368. The van der Waals surface area contributed by atoms with Crippen molar-refractivity contribution in [3.8, 4) is 5.75 Å². The predicted octanol–water partition coefficient (Wildman–Crippen LogP) is 4.79. The van der Waals surface area contributed by atoms with E-state index in [1.807, 2.05) is 6.92 Å². The average molecular weight is 458 g/mol. The lowest BCUT2D eigenvalue weighted by Crippen LogP contribution is -2.15. The van der Waals surface area contributed by atoms with Gasteiger partial charge in [-0.2, -0.15) is 8.75 Å². The van der Waals surface area contributed by atoms with Gasteiger partial charge in [0.2, 0.25) is 0 Å². The van der Waals surface area contributed by atoms with Gasteiger partial charge in [0.05, 0.1) is 29.6 Å². The van der Waals surface area contributed by atoms with Crippen LogP contribution < -0.4 is 10.1 Å². The summed E-state index contributed by atoms with van der Waals surface area (Å²) in [5, 5.41) is 3.50. The molecule has 9 heteroatoms. The lowest BCUT2D eigenvalue weighted by molar-refractivity contribution is 0.0526. The van der Waals surface area contributed by atoms with Gasteiger partial charge in [-0.15, -0.1) is 11.3 Å². The van der Waals surface area contributed by atoms with Crippen molar-refractivity contribution in [3.05, 3.63) is 57.2 Å². The number of rotatable bonds is 7. The highest BCUT2D eigenvalue weighted by Crippen LogP contribution is 2.38. The molecule has 0 bridgehead atoms. The molecule has 0 atom stereocenters. The molecule has 2 heterocycles. The van der Waals surface area contributed by atoms with E-state index in [2.05, 4.69) is 14.1 Å². The van der Waals surface area contributed by atoms with Gasteiger partial charge in [-0.1, -0.05) is 0 Å². The van der Waals surface area contributed by atoms with Crippen molar-refractivity contribution in [3.63, 3.8) is 0 Å². The smallest absolute Gasteiger partial charge is 0.341 e. The zero-order valence-electron chi connectivity index (χ0n) is 17.4. The molecule has 0 unspecified atom stereocenters. The van der Waals surface area contributed by atoms with Gasteiger partial charge in [0.25, 0.3) is 5.91 Å². The number of hydrogen-bond donors (Lipinski definition) is 1. The van der Waals surface area contributed by atoms with Crippen molar-refractivity contribution in [2.24, 2.45) is 0 Å². The van der Waals surface area contributed by atoms with Crippen LogP contribution in [0.4, 0.5) is 5.00 Å². The van der Waals surface area contributed by atoms with Crippen molar-refractivity contribution in [1.29, 1.82) is 0 Å². The van der Waals surface area contributed by atoms with Crippen LogP contribution in [0.3, 0.4) is 0 Å². The molecular weight excluding hydrogens is 434 g/mol. The number of esters is 1. The van der Waals surface area contributed by atoms with Crippen LogP contribution in [-0.2, 0) is 24.2 Å². The Kier molecular flexibility index (Phi) is 6.62. The first-order chi connectivity index (χ1) is 15.1. The summed E-state index contributed by atoms with van der Waals surface area (Å²) in [5.74, 6) is 0.00534. The summed E-state index contributed by atoms with van der Waals surface area (Å²) in [4.78, 5) is 26.6. The molecule has 0 spiro atoms. The minimum absolute atomic E-state index is 0.268. The van der Waals surface area contributed by atoms with Gasteiger partial charge in [-0.25, -0.2) is 4.79 Å². The molecule has 0 radical (unpaired) electrons. The summed E-state index contributed by atoms with van der Waals surface area (Å²) in [5.41, 5.74) is 3.69. The zero-order valence-corrected chi connectivity index (χ0v) is 19.0. The quantitative estimate of drug-likeness (QED) is 0.513. The number of carbonyl (C=O) groups is 2. The molecule has 7 nitrogen and oxygen atoms in total. The van der Waals surface area contributed by atoms with E-state index in [0.717, 1.165) is 54.4 Å². The molecule has 0 fully saturated rings. The summed E-state index contributed by atoms with van der Waals surface area (Å²) in [6.07, 6.45) is 3.92. The van der Waals surface area contributed by atoms with Crippen molar-refractivity contribution < 1.29 is 19.1 Å². The Morgan fingerprint density at radius 2 is 1.90 bits per heavy atom. The maximum atomic E-state index is 12.8. The number of hydrogen-bond acceptors (Lipinski definition) is 8. The summed E-state index contributed by atoms with van der Waals surface area (Å²) in [6.45, 7) is 4.31. The fourth-order valence-corrected chi connectivity index (χ4v) is 5.31. The first kappa shape index (κ1) is 21.5. The van der Waals surface area contributed by atoms with Gasteiger partial charge in [-0.3, -0.25) is 4.79 Å². The third-order valence-corrected chi connectivity index (χ3v) is 6.98. The molecule has 31 heavy (non-hydrogen) atoms.